The molecule has 0 aliphatic carbocycles. The van der Waals surface area contributed by atoms with Gasteiger partial charge in [-0.25, -0.2) is 0 Å². The Hall–Kier alpha value is -0.0936. The molecule has 9 heteroatoms. The van der Waals surface area contributed by atoms with Gasteiger partial charge in [-0.15, -0.1) is 0 Å². The van der Waals surface area contributed by atoms with Crippen LogP contribution in [0.2, 0.25) is 0 Å². The first-order valence-corrected chi connectivity index (χ1v) is 3.42. The minimum absolute atomic E-state index is 0. The molecule has 0 aromatic carbocycles. The number of hydrogen-bond donors (Lipinski definition) is 0. The standard InChI is InChI=1S/C5H8N2O6.K/c8-5(9)3-1-2-4(6(10)11)7(12)13;/h4H,1-3H2,(H,8,9);/q;+1/p-1. The number of aliphatic carboxylic acids is 1. The van der Waals surface area contributed by atoms with Crippen molar-refractivity contribution in [2.75, 3.05) is 0 Å². The van der Waals surface area contributed by atoms with Crippen LogP contribution in [0.5, 0.6) is 0 Å². The zero-order chi connectivity index (χ0) is 10.4. The summed E-state index contributed by atoms with van der Waals surface area (Å²) in [6.45, 7) is 0. The molecule has 0 rings (SSSR count). The Morgan fingerprint density at radius 3 is 1.93 bits per heavy atom. The topological polar surface area (TPSA) is 126 Å². The number of carboxylic acid groups (broad SMARTS) is 1. The maximum atomic E-state index is 10.0. The van der Waals surface area contributed by atoms with Crippen LogP contribution in [0.25, 0.3) is 0 Å². The van der Waals surface area contributed by atoms with E-state index in [2.05, 4.69) is 0 Å². The summed E-state index contributed by atoms with van der Waals surface area (Å²) in [5.41, 5.74) is 0. The van der Waals surface area contributed by atoms with Crippen molar-refractivity contribution in [3.63, 3.8) is 0 Å². The van der Waals surface area contributed by atoms with Gasteiger partial charge in [0.2, 0.25) is 0 Å². The molecule has 0 bridgehead atoms. The van der Waals surface area contributed by atoms with Gasteiger partial charge in [-0.1, -0.05) is 0 Å². The Morgan fingerprint density at radius 1 is 1.21 bits per heavy atom. The van der Waals surface area contributed by atoms with Crippen molar-refractivity contribution in [1.29, 1.82) is 0 Å². The Morgan fingerprint density at radius 2 is 1.64 bits per heavy atom. The monoisotopic (exact) mass is 230 g/mol. The fraction of sp³-hybridized carbons (Fsp3) is 0.800. The zero-order valence-electron chi connectivity index (χ0n) is 7.54. The predicted molar refractivity (Wildman–Crippen MR) is 36.6 cm³/mol. The van der Waals surface area contributed by atoms with E-state index in [0.717, 1.165) is 0 Å². The van der Waals surface area contributed by atoms with Crippen molar-refractivity contribution in [2.45, 2.75) is 25.4 Å². The first-order valence-electron chi connectivity index (χ1n) is 3.42. The van der Waals surface area contributed by atoms with E-state index >= 15 is 0 Å². The summed E-state index contributed by atoms with van der Waals surface area (Å²) in [6, 6.07) is 0. The smallest absolute Gasteiger partial charge is 0.550 e. The Balaban J connectivity index is 0. The van der Waals surface area contributed by atoms with Crippen LogP contribution in [-0.2, 0) is 4.79 Å². The molecule has 14 heavy (non-hydrogen) atoms. The second-order valence-corrected chi connectivity index (χ2v) is 2.32. The van der Waals surface area contributed by atoms with E-state index < -0.39 is 34.8 Å². The van der Waals surface area contributed by atoms with Crippen LogP contribution in [0.3, 0.4) is 0 Å². The molecule has 0 amide bonds. The molecule has 0 aliphatic rings. The van der Waals surface area contributed by atoms with Gasteiger partial charge in [0.25, 0.3) is 0 Å². The summed E-state index contributed by atoms with van der Waals surface area (Å²) in [5.74, 6) is -1.37. The van der Waals surface area contributed by atoms with Crippen molar-refractivity contribution in [3.8, 4) is 0 Å². The van der Waals surface area contributed by atoms with E-state index in [1.54, 1.807) is 0 Å². The van der Waals surface area contributed by atoms with Gasteiger partial charge in [-0.05, 0) is 12.8 Å². The third-order valence-corrected chi connectivity index (χ3v) is 1.33. The van der Waals surface area contributed by atoms with Gasteiger partial charge in [0.1, 0.15) is 0 Å². The number of carbonyl (C=O) groups is 1. The SMILES string of the molecule is O=C([O-])CCCC([N+](=O)[O-])[N+](=O)[O-].[K+]. The van der Waals surface area contributed by atoms with Gasteiger partial charge in [0.05, 0.1) is 16.3 Å². The largest absolute Gasteiger partial charge is 1.00 e. The van der Waals surface area contributed by atoms with Crippen LogP contribution in [0.4, 0.5) is 0 Å². The number of nitrogens with zero attached hydrogens (tertiary/aromatic N) is 2. The van der Waals surface area contributed by atoms with Crippen molar-refractivity contribution >= 4 is 5.97 Å². The number of carbonyl (C=O) groups excluding carboxylic acids is 1. The molecular weight excluding hydrogens is 223 g/mol. The van der Waals surface area contributed by atoms with E-state index in [1.165, 1.54) is 0 Å². The molecule has 0 radical (unpaired) electrons. The maximum absolute atomic E-state index is 10.0. The minimum Gasteiger partial charge on any atom is -0.550 e. The third kappa shape index (κ3) is 7.32. The predicted octanol–water partition coefficient (Wildman–Crippen LogP) is -4.21. The molecule has 0 aliphatic heterocycles. The van der Waals surface area contributed by atoms with Crippen LogP contribution in [0.1, 0.15) is 19.3 Å². The second-order valence-electron chi connectivity index (χ2n) is 2.32. The van der Waals surface area contributed by atoms with Crippen molar-refractivity contribution < 1.29 is 71.1 Å². The minimum atomic E-state index is -1.92. The molecule has 0 saturated heterocycles. The summed E-state index contributed by atoms with van der Waals surface area (Å²) in [5, 5.41) is 29.9. The fourth-order valence-corrected chi connectivity index (χ4v) is 0.717. The quantitative estimate of drug-likeness (QED) is 0.197. The Bertz CT molecular complexity index is 218. The van der Waals surface area contributed by atoms with E-state index in [-0.39, 0.29) is 57.8 Å². The van der Waals surface area contributed by atoms with E-state index in [9.17, 15) is 30.1 Å². The summed E-state index contributed by atoms with van der Waals surface area (Å²) >= 11 is 0. The molecule has 0 N–H and O–H groups in total. The molecular formula is C5H7KN2O6. The summed E-state index contributed by atoms with van der Waals surface area (Å²) in [6.07, 6.45) is -2.85. The summed E-state index contributed by atoms with van der Waals surface area (Å²) in [4.78, 5) is 27.8. The number of hydrogen-bond acceptors (Lipinski definition) is 6. The average Bonchev–Trinajstić information content (AvgIpc) is 1.95. The molecule has 0 unspecified atom stereocenters. The first-order chi connectivity index (χ1) is 5.95. The zero-order valence-corrected chi connectivity index (χ0v) is 10.7. The normalized spacial score (nSPS) is 9.21. The molecule has 0 fully saturated rings. The molecule has 0 spiro atoms. The van der Waals surface area contributed by atoms with Gasteiger partial charge < -0.3 is 9.90 Å². The average molecular weight is 230 g/mol. The Labute approximate surface area is 121 Å². The van der Waals surface area contributed by atoms with E-state index in [1.807, 2.05) is 0 Å². The fourth-order valence-electron chi connectivity index (χ4n) is 0.717. The number of carboxylic acids is 1. The van der Waals surface area contributed by atoms with Gasteiger partial charge >= 0.3 is 57.6 Å². The molecule has 0 saturated carbocycles. The molecule has 0 aromatic rings. The van der Waals surface area contributed by atoms with Crippen LogP contribution < -0.4 is 56.5 Å². The molecule has 0 atom stereocenters. The van der Waals surface area contributed by atoms with Crippen molar-refractivity contribution in [3.05, 3.63) is 20.2 Å². The number of nitro groups is 2. The molecule has 8 nitrogen and oxygen atoms in total. The van der Waals surface area contributed by atoms with Gasteiger partial charge in [-0.3, -0.25) is 20.2 Å². The van der Waals surface area contributed by atoms with Crippen molar-refractivity contribution in [1.82, 2.24) is 0 Å². The second kappa shape index (κ2) is 8.23. The van der Waals surface area contributed by atoms with Crippen LogP contribution in [-0.4, -0.2) is 22.0 Å². The first kappa shape index (κ1) is 16.3. The maximum Gasteiger partial charge on any atom is 1.00 e. The molecule has 74 valence electrons. The van der Waals surface area contributed by atoms with Crippen molar-refractivity contribution in [2.24, 2.45) is 0 Å². The van der Waals surface area contributed by atoms with Gasteiger partial charge in [0, 0.05) is 5.97 Å². The van der Waals surface area contributed by atoms with Crippen LogP contribution in [0, 0.1) is 20.2 Å². The molecule has 0 heterocycles. The van der Waals surface area contributed by atoms with Gasteiger partial charge in [-0.2, -0.15) is 0 Å². The summed E-state index contributed by atoms with van der Waals surface area (Å²) in [7, 11) is 0. The molecule has 0 aromatic heterocycles. The van der Waals surface area contributed by atoms with Crippen LogP contribution >= 0.6 is 0 Å². The Kier molecular flexibility index (Phi) is 9.61. The number of rotatable bonds is 6. The summed E-state index contributed by atoms with van der Waals surface area (Å²) < 4.78 is 0. The van der Waals surface area contributed by atoms with E-state index in [0.29, 0.717) is 0 Å². The van der Waals surface area contributed by atoms with Gasteiger partial charge in [0.15, 0.2) is 0 Å². The third-order valence-electron chi connectivity index (χ3n) is 1.33. The van der Waals surface area contributed by atoms with E-state index in [4.69, 9.17) is 0 Å². The van der Waals surface area contributed by atoms with Crippen LogP contribution in [0.15, 0.2) is 0 Å².